The number of hydrogen-bond acceptors (Lipinski definition) is 7. The molecule has 0 spiro atoms. The Labute approximate surface area is 197 Å². The van der Waals surface area contributed by atoms with Gasteiger partial charge in [0.2, 0.25) is 0 Å². The number of aliphatic hydroxyl groups excluding tert-OH is 1. The summed E-state index contributed by atoms with van der Waals surface area (Å²) in [5.41, 5.74) is 2.25. The minimum Gasteiger partial charge on any atom is -0.507 e. The molecule has 1 fully saturated rings. The maximum atomic E-state index is 13.3. The Balaban J connectivity index is 1.97. The number of ketones is 1. The SMILES string of the molecule is COc1ccc(N2C(=O)C(=O)/C(=C(\O)c3cc(C)cc(C)c3OC)C2c2ccco2)cc1OC. The number of rotatable bonds is 6. The molecular weight excluding hydrogens is 438 g/mol. The van der Waals surface area contributed by atoms with Gasteiger partial charge in [0.25, 0.3) is 11.7 Å². The minimum absolute atomic E-state index is 0.0990. The van der Waals surface area contributed by atoms with Crippen LogP contribution in [0, 0.1) is 13.8 Å². The van der Waals surface area contributed by atoms with Gasteiger partial charge < -0.3 is 23.7 Å². The summed E-state index contributed by atoms with van der Waals surface area (Å²) in [5.74, 6) is -0.397. The van der Waals surface area contributed by atoms with Gasteiger partial charge in [0, 0.05) is 11.8 Å². The number of aryl methyl sites for hydroxylation is 2. The molecule has 0 bridgehead atoms. The molecule has 1 unspecified atom stereocenters. The Kier molecular flexibility index (Phi) is 6.06. The highest BCUT2D eigenvalue weighted by molar-refractivity contribution is 6.51. The van der Waals surface area contributed by atoms with Gasteiger partial charge in [-0.25, -0.2) is 0 Å². The van der Waals surface area contributed by atoms with E-state index in [1.165, 1.54) is 32.5 Å². The molecule has 1 N–H and O–H groups in total. The second-order valence-corrected chi connectivity index (χ2v) is 7.89. The molecule has 8 heteroatoms. The van der Waals surface area contributed by atoms with Crippen molar-refractivity contribution in [3.8, 4) is 17.2 Å². The summed E-state index contributed by atoms with van der Waals surface area (Å²) in [5, 5.41) is 11.4. The molecule has 2 heterocycles. The first-order valence-corrected chi connectivity index (χ1v) is 10.5. The van der Waals surface area contributed by atoms with Gasteiger partial charge in [-0.15, -0.1) is 0 Å². The number of furan rings is 1. The van der Waals surface area contributed by atoms with Gasteiger partial charge in [-0.3, -0.25) is 14.5 Å². The van der Waals surface area contributed by atoms with E-state index in [0.717, 1.165) is 11.1 Å². The summed E-state index contributed by atoms with van der Waals surface area (Å²) >= 11 is 0. The third kappa shape index (κ3) is 3.67. The summed E-state index contributed by atoms with van der Waals surface area (Å²) in [4.78, 5) is 27.9. The topological polar surface area (TPSA) is 98.4 Å². The van der Waals surface area contributed by atoms with Crippen LogP contribution >= 0.6 is 0 Å². The van der Waals surface area contributed by atoms with E-state index in [2.05, 4.69) is 0 Å². The number of carbonyl (C=O) groups excluding carboxylic acids is 2. The number of Topliss-reactive ketones (excluding diaryl/α,β-unsaturated/α-hetero) is 1. The van der Waals surface area contributed by atoms with E-state index in [-0.39, 0.29) is 11.3 Å². The van der Waals surface area contributed by atoms with Gasteiger partial charge >= 0.3 is 0 Å². The van der Waals surface area contributed by atoms with Crippen LogP contribution in [0.3, 0.4) is 0 Å². The molecule has 0 saturated carbocycles. The normalized spacial score (nSPS) is 17.2. The van der Waals surface area contributed by atoms with Gasteiger partial charge in [0.15, 0.2) is 11.5 Å². The largest absolute Gasteiger partial charge is 0.507 e. The van der Waals surface area contributed by atoms with Crippen molar-refractivity contribution in [3.63, 3.8) is 0 Å². The maximum Gasteiger partial charge on any atom is 0.300 e. The molecule has 176 valence electrons. The molecule has 1 aliphatic heterocycles. The first-order chi connectivity index (χ1) is 16.3. The molecule has 8 nitrogen and oxygen atoms in total. The summed E-state index contributed by atoms with van der Waals surface area (Å²) in [6, 6.07) is 10.8. The van der Waals surface area contributed by atoms with E-state index in [1.54, 1.807) is 36.4 Å². The quantitative estimate of drug-likeness (QED) is 0.325. The zero-order chi connectivity index (χ0) is 24.6. The van der Waals surface area contributed by atoms with Crippen molar-refractivity contribution in [2.45, 2.75) is 19.9 Å². The summed E-state index contributed by atoms with van der Waals surface area (Å²) in [6.45, 7) is 3.71. The zero-order valence-corrected chi connectivity index (χ0v) is 19.5. The van der Waals surface area contributed by atoms with Crippen molar-refractivity contribution in [2.24, 2.45) is 0 Å². The molecule has 1 aliphatic rings. The standard InChI is InChI=1S/C26H25NO7/c1-14-11-15(2)25(33-5)17(12-14)23(28)21-22(19-7-6-10-34-19)27(26(30)24(21)29)16-8-9-18(31-3)20(13-16)32-4/h6-13,22,28H,1-5H3/b23-21-. The van der Waals surface area contributed by atoms with Crippen molar-refractivity contribution >= 4 is 23.1 Å². The average molecular weight is 463 g/mol. The Bertz CT molecular complexity index is 1290. The number of anilines is 1. The number of nitrogens with zero attached hydrogens (tertiary/aromatic N) is 1. The Hall–Kier alpha value is -4.20. The molecular formula is C26H25NO7. The number of ether oxygens (including phenoxy) is 3. The number of carbonyl (C=O) groups is 2. The molecule has 4 rings (SSSR count). The van der Waals surface area contributed by atoms with E-state index in [1.807, 2.05) is 19.9 Å². The summed E-state index contributed by atoms with van der Waals surface area (Å²) in [7, 11) is 4.47. The molecule has 1 aromatic heterocycles. The van der Waals surface area contributed by atoms with Crippen LogP contribution in [0.25, 0.3) is 5.76 Å². The van der Waals surface area contributed by atoms with Crippen molar-refractivity contribution in [2.75, 3.05) is 26.2 Å². The summed E-state index contributed by atoms with van der Waals surface area (Å²) < 4.78 is 21.8. The predicted octanol–water partition coefficient (Wildman–Crippen LogP) is 4.55. The number of amides is 1. The smallest absolute Gasteiger partial charge is 0.300 e. The first-order valence-electron chi connectivity index (χ1n) is 10.5. The van der Waals surface area contributed by atoms with Gasteiger partial charge in [0.05, 0.1) is 38.7 Å². The van der Waals surface area contributed by atoms with Crippen LogP contribution in [-0.2, 0) is 9.59 Å². The highest BCUT2D eigenvalue weighted by atomic mass is 16.5. The molecule has 1 saturated heterocycles. The van der Waals surface area contributed by atoms with E-state index < -0.39 is 17.7 Å². The van der Waals surface area contributed by atoms with Crippen molar-refractivity contribution in [1.29, 1.82) is 0 Å². The lowest BCUT2D eigenvalue weighted by Gasteiger charge is -2.24. The van der Waals surface area contributed by atoms with Gasteiger partial charge in [0.1, 0.15) is 23.3 Å². The zero-order valence-electron chi connectivity index (χ0n) is 19.5. The summed E-state index contributed by atoms with van der Waals surface area (Å²) in [6.07, 6.45) is 1.45. The van der Waals surface area contributed by atoms with Crippen LogP contribution in [0.2, 0.25) is 0 Å². The van der Waals surface area contributed by atoms with Crippen LogP contribution in [-0.4, -0.2) is 38.1 Å². The van der Waals surface area contributed by atoms with Crippen LogP contribution < -0.4 is 19.1 Å². The Morgan fingerprint density at radius 1 is 0.971 bits per heavy atom. The highest BCUT2D eigenvalue weighted by Gasteiger charge is 2.48. The molecule has 3 aromatic rings. The molecule has 34 heavy (non-hydrogen) atoms. The lowest BCUT2D eigenvalue weighted by molar-refractivity contribution is -0.132. The number of aliphatic hydroxyl groups is 1. The van der Waals surface area contributed by atoms with Crippen molar-refractivity contribution < 1.29 is 33.3 Å². The van der Waals surface area contributed by atoms with E-state index in [9.17, 15) is 14.7 Å². The third-order valence-corrected chi connectivity index (χ3v) is 5.78. The molecule has 0 aliphatic carbocycles. The van der Waals surface area contributed by atoms with Gasteiger partial charge in [-0.1, -0.05) is 6.07 Å². The average Bonchev–Trinajstić information content (AvgIpc) is 3.44. The van der Waals surface area contributed by atoms with Crippen LogP contribution in [0.15, 0.2) is 58.7 Å². The van der Waals surface area contributed by atoms with Crippen LogP contribution in [0.4, 0.5) is 5.69 Å². The third-order valence-electron chi connectivity index (χ3n) is 5.78. The first kappa shape index (κ1) is 23.0. The highest BCUT2D eigenvalue weighted by Crippen LogP contribution is 2.45. The lowest BCUT2D eigenvalue weighted by Crippen LogP contribution is -2.29. The van der Waals surface area contributed by atoms with E-state index in [0.29, 0.717) is 34.3 Å². The number of methoxy groups -OCH3 is 3. The lowest BCUT2D eigenvalue weighted by atomic mass is 9.96. The number of benzene rings is 2. The molecule has 2 aromatic carbocycles. The second-order valence-electron chi connectivity index (χ2n) is 7.89. The van der Waals surface area contributed by atoms with Crippen LogP contribution in [0.1, 0.15) is 28.5 Å². The van der Waals surface area contributed by atoms with E-state index in [4.69, 9.17) is 18.6 Å². The molecule has 0 radical (unpaired) electrons. The van der Waals surface area contributed by atoms with Gasteiger partial charge in [-0.05, 0) is 55.3 Å². The fourth-order valence-corrected chi connectivity index (χ4v) is 4.34. The fourth-order valence-electron chi connectivity index (χ4n) is 4.34. The maximum absolute atomic E-state index is 13.3. The predicted molar refractivity (Wildman–Crippen MR) is 126 cm³/mol. The van der Waals surface area contributed by atoms with Crippen molar-refractivity contribution in [3.05, 3.63) is 76.8 Å². The minimum atomic E-state index is -1.00. The number of hydrogen-bond donors (Lipinski definition) is 1. The van der Waals surface area contributed by atoms with Crippen molar-refractivity contribution in [1.82, 2.24) is 0 Å². The second kappa shape index (κ2) is 8.97. The Morgan fingerprint density at radius 3 is 2.32 bits per heavy atom. The fraction of sp³-hybridized carbons (Fsp3) is 0.231. The molecule has 1 atom stereocenters. The Morgan fingerprint density at radius 2 is 1.71 bits per heavy atom. The van der Waals surface area contributed by atoms with E-state index >= 15 is 0 Å². The van der Waals surface area contributed by atoms with Crippen LogP contribution in [0.5, 0.6) is 17.2 Å². The monoisotopic (exact) mass is 463 g/mol. The molecule has 1 amide bonds. The van der Waals surface area contributed by atoms with Gasteiger partial charge in [-0.2, -0.15) is 0 Å².